The molecule has 0 spiro atoms. The quantitative estimate of drug-likeness (QED) is 0.662. The van der Waals surface area contributed by atoms with E-state index in [1.165, 1.54) is 25.0 Å². The molecule has 15 heavy (non-hydrogen) atoms. The van der Waals surface area contributed by atoms with Crippen LogP contribution >= 0.6 is 0 Å². The predicted molar refractivity (Wildman–Crippen MR) is 66.1 cm³/mol. The minimum atomic E-state index is 0.296. The van der Waals surface area contributed by atoms with E-state index >= 15 is 0 Å². The third-order valence-electron chi connectivity index (χ3n) is 2.76. The number of hydrogen-bond acceptors (Lipinski definition) is 1. The van der Waals surface area contributed by atoms with Gasteiger partial charge in [0.05, 0.1) is 0 Å². The third kappa shape index (κ3) is 5.03. The zero-order valence-corrected chi connectivity index (χ0v) is 10.3. The van der Waals surface area contributed by atoms with Crippen molar-refractivity contribution in [1.82, 2.24) is 10.3 Å². The molecule has 0 saturated heterocycles. The fourth-order valence-electron chi connectivity index (χ4n) is 1.94. The van der Waals surface area contributed by atoms with Crippen LogP contribution < -0.4 is 5.32 Å². The van der Waals surface area contributed by atoms with E-state index in [9.17, 15) is 0 Å². The molecule has 0 bridgehead atoms. The van der Waals surface area contributed by atoms with Crippen molar-refractivity contribution in [3.05, 3.63) is 24.0 Å². The molecular formula is C13H24N2. The van der Waals surface area contributed by atoms with Gasteiger partial charge in [-0.05, 0) is 51.8 Å². The van der Waals surface area contributed by atoms with Gasteiger partial charge >= 0.3 is 0 Å². The molecule has 0 atom stereocenters. The highest BCUT2D eigenvalue weighted by molar-refractivity contribution is 5.03. The largest absolute Gasteiger partial charge is 0.365 e. The van der Waals surface area contributed by atoms with Gasteiger partial charge in [0.2, 0.25) is 0 Å². The van der Waals surface area contributed by atoms with Crippen LogP contribution in [-0.4, -0.2) is 17.1 Å². The van der Waals surface area contributed by atoms with Crippen LogP contribution in [0.1, 0.15) is 45.7 Å². The summed E-state index contributed by atoms with van der Waals surface area (Å²) in [7, 11) is 0. The lowest BCUT2D eigenvalue weighted by molar-refractivity contribution is 0.357. The topological polar surface area (TPSA) is 27.8 Å². The van der Waals surface area contributed by atoms with Crippen molar-refractivity contribution in [2.45, 2.75) is 52.0 Å². The Morgan fingerprint density at radius 3 is 2.80 bits per heavy atom. The van der Waals surface area contributed by atoms with Gasteiger partial charge in [-0.15, -0.1) is 0 Å². The van der Waals surface area contributed by atoms with Crippen LogP contribution in [-0.2, 0) is 6.42 Å². The average Bonchev–Trinajstić information content (AvgIpc) is 2.65. The summed E-state index contributed by atoms with van der Waals surface area (Å²) in [6.07, 6.45) is 6.83. The SMILES string of the molecule is CCCC(C)(C)NCCCc1ccc[nH]1. The number of aromatic amines is 1. The van der Waals surface area contributed by atoms with Crippen molar-refractivity contribution in [3.63, 3.8) is 0 Å². The van der Waals surface area contributed by atoms with Crippen LogP contribution in [0.5, 0.6) is 0 Å². The maximum atomic E-state index is 3.61. The zero-order chi connectivity index (χ0) is 11.1. The van der Waals surface area contributed by atoms with Crippen molar-refractivity contribution < 1.29 is 0 Å². The first-order valence-electron chi connectivity index (χ1n) is 6.01. The summed E-state index contributed by atoms with van der Waals surface area (Å²) < 4.78 is 0. The van der Waals surface area contributed by atoms with Gasteiger partial charge in [0.25, 0.3) is 0 Å². The van der Waals surface area contributed by atoms with Crippen LogP contribution in [0.2, 0.25) is 0 Å². The van der Waals surface area contributed by atoms with E-state index in [4.69, 9.17) is 0 Å². The van der Waals surface area contributed by atoms with Gasteiger partial charge in [-0.1, -0.05) is 13.3 Å². The Kier molecular flexibility index (Phi) is 4.89. The standard InChI is InChI=1S/C13H24N2/c1-4-9-13(2,3)15-11-6-8-12-7-5-10-14-12/h5,7,10,14-15H,4,6,8-9,11H2,1-3H3. The lowest BCUT2D eigenvalue weighted by Gasteiger charge is -2.25. The summed E-state index contributed by atoms with van der Waals surface area (Å²) >= 11 is 0. The summed E-state index contributed by atoms with van der Waals surface area (Å²) in [5, 5.41) is 3.61. The molecule has 0 aliphatic heterocycles. The van der Waals surface area contributed by atoms with Gasteiger partial charge in [0.1, 0.15) is 0 Å². The van der Waals surface area contributed by atoms with Crippen LogP contribution in [0.25, 0.3) is 0 Å². The summed E-state index contributed by atoms with van der Waals surface area (Å²) in [6.45, 7) is 7.91. The Labute approximate surface area is 93.5 Å². The summed E-state index contributed by atoms with van der Waals surface area (Å²) in [6, 6.07) is 4.21. The minimum absolute atomic E-state index is 0.296. The van der Waals surface area contributed by atoms with Crippen LogP contribution in [0.4, 0.5) is 0 Å². The van der Waals surface area contributed by atoms with Gasteiger partial charge in [-0.3, -0.25) is 0 Å². The predicted octanol–water partition coefficient (Wildman–Crippen LogP) is 3.12. The van der Waals surface area contributed by atoms with E-state index in [0.717, 1.165) is 13.0 Å². The van der Waals surface area contributed by atoms with E-state index in [1.807, 2.05) is 6.20 Å². The molecule has 2 N–H and O–H groups in total. The summed E-state index contributed by atoms with van der Waals surface area (Å²) in [5.74, 6) is 0. The Morgan fingerprint density at radius 2 is 2.20 bits per heavy atom. The fourth-order valence-corrected chi connectivity index (χ4v) is 1.94. The second-order valence-corrected chi connectivity index (χ2v) is 4.86. The Morgan fingerprint density at radius 1 is 1.40 bits per heavy atom. The van der Waals surface area contributed by atoms with Gasteiger partial charge in [0.15, 0.2) is 0 Å². The molecule has 0 unspecified atom stereocenters. The highest BCUT2D eigenvalue weighted by atomic mass is 14.9. The molecule has 0 saturated carbocycles. The summed E-state index contributed by atoms with van der Waals surface area (Å²) in [4.78, 5) is 3.23. The van der Waals surface area contributed by atoms with Crippen molar-refractivity contribution in [2.75, 3.05) is 6.54 Å². The second kappa shape index (κ2) is 5.96. The summed E-state index contributed by atoms with van der Waals surface area (Å²) in [5.41, 5.74) is 1.63. The second-order valence-electron chi connectivity index (χ2n) is 4.86. The molecule has 1 rings (SSSR count). The van der Waals surface area contributed by atoms with Crippen molar-refractivity contribution >= 4 is 0 Å². The first kappa shape index (κ1) is 12.3. The number of aromatic nitrogens is 1. The van der Waals surface area contributed by atoms with Gasteiger partial charge in [-0.2, -0.15) is 0 Å². The number of aryl methyl sites for hydroxylation is 1. The van der Waals surface area contributed by atoms with E-state index < -0.39 is 0 Å². The van der Waals surface area contributed by atoms with Gasteiger partial charge in [-0.25, -0.2) is 0 Å². The molecule has 0 radical (unpaired) electrons. The van der Waals surface area contributed by atoms with Gasteiger partial charge in [0, 0.05) is 17.4 Å². The van der Waals surface area contributed by atoms with Crippen molar-refractivity contribution in [3.8, 4) is 0 Å². The average molecular weight is 208 g/mol. The smallest absolute Gasteiger partial charge is 0.0147 e. The van der Waals surface area contributed by atoms with Crippen molar-refractivity contribution in [2.24, 2.45) is 0 Å². The minimum Gasteiger partial charge on any atom is -0.365 e. The molecule has 86 valence electrons. The molecule has 1 aromatic rings. The fraction of sp³-hybridized carbons (Fsp3) is 0.692. The Hall–Kier alpha value is -0.760. The molecule has 2 nitrogen and oxygen atoms in total. The van der Waals surface area contributed by atoms with E-state index in [0.29, 0.717) is 5.54 Å². The maximum Gasteiger partial charge on any atom is 0.0147 e. The molecule has 0 amide bonds. The first-order valence-corrected chi connectivity index (χ1v) is 6.01. The number of nitrogens with one attached hydrogen (secondary N) is 2. The normalized spacial score (nSPS) is 11.9. The molecule has 1 heterocycles. The molecule has 2 heteroatoms. The number of rotatable bonds is 7. The van der Waals surface area contributed by atoms with Crippen LogP contribution in [0.3, 0.4) is 0 Å². The van der Waals surface area contributed by atoms with E-state index in [1.54, 1.807) is 0 Å². The third-order valence-corrected chi connectivity index (χ3v) is 2.76. The molecule has 0 fully saturated rings. The highest BCUT2D eigenvalue weighted by Gasteiger charge is 2.14. The lowest BCUT2D eigenvalue weighted by atomic mass is 9.99. The van der Waals surface area contributed by atoms with E-state index in [2.05, 4.69) is 43.2 Å². The van der Waals surface area contributed by atoms with Crippen LogP contribution in [0.15, 0.2) is 18.3 Å². The van der Waals surface area contributed by atoms with Gasteiger partial charge < -0.3 is 10.3 Å². The molecule has 0 aromatic carbocycles. The van der Waals surface area contributed by atoms with Crippen LogP contribution in [0, 0.1) is 0 Å². The Balaban J connectivity index is 2.11. The number of hydrogen-bond donors (Lipinski definition) is 2. The molecule has 0 aliphatic carbocycles. The maximum absolute atomic E-state index is 3.61. The Bertz CT molecular complexity index is 250. The molecule has 0 aliphatic rings. The monoisotopic (exact) mass is 208 g/mol. The first-order chi connectivity index (χ1) is 7.14. The zero-order valence-electron chi connectivity index (χ0n) is 10.3. The molecule has 1 aromatic heterocycles. The highest BCUT2D eigenvalue weighted by Crippen LogP contribution is 2.10. The molecular weight excluding hydrogens is 184 g/mol. The van der Waals surface area contributed by atoms with Crippen molar-refractivity contribution in [1.29, 1.82) is 0 Å². The van der Waals surface area contributed by atoms with E-state index in [-0.39, 0.29) is 0 Å². The lowest BCUT2D eigenvalue weighted by Crippen LogP contribution is -2.39. The number of H-pyrrole nitrogens is 1.